The highest BCUT2D eigenvalue weighted by Gasteiger charge is 2.16. The molecule has 0 radical (unpaired) electrons. The molecule has 0 spiro atoms. The number of carbonyl (C=O) groups is 1. The van der Waals surface area contributed by atoms with E-state index in [1.807, 2.05) is 18.2 Å². The van der Waals surface area contributed by atoms with E-state index in [2.05, 4.69) is 20.6 Å². The van der Waals surface area contributed by atoms with Crippen LogP contribution in [0.1, 0.15) is 42.5 Å². The lowest BCUT2D eigenvalue weighted by Gasteiger charge is -2.22. The zero-order chi connectivity index (χ0) is 20.1. The molecule has 148 valence electrons. The Kier molecular flexibility index (Phi) is 5.79. The van der Waals surface area contributed by atoms with Crippen LogP contribution in [0.4, 0.5) is 16.0 Å². The van der Waals surface area contributed by atoms with Crippen molar-refractivity contribution in [3.63, 3.8) is 0 Å². The summed E-state index contributed by atoms with van der Waals surface area (Å²) in [7, 11) is 0. The Morgan fingerprint density at radius 3 is 2.34 bits per heavy atom. The molecule has 0 unspecified atom stereocenters. The molecule has 6 heteroatoms. The first-order valence-electron chi connectivity index (χ1n) is 9.93. The number of halogens is 1. The second-order valence-corrected chi connectivity index (χ2v) is 7.32. The van der Waals surface area contributed by atoms with Gasteiger partial charge in [-0.3, -0.25) is 4.79 Å². The molecule has 1 heterocycles. The van der Waals surface area contributed by atoms with Crippen molar-refractivity contribution >= 4 is 17.5 Å². The topological polar surface area (TPSA) is 66.9 Å². The van der Waals surface area contributed by atoms with E-state index < -0.39 is 0 Å². The standard InChI is InChI=1S/C23H23FN4O/c24-19-6-4-5-17(13-19)18-14-25-23(26-15-18)28-21-11-9-16(10-12-21)22(29)27-20-7-2-1-3-8-20/h4-6,9-15,20H,1-3,7-8H2,(H,27,29)(H,25,26,28). The van der Waals surface area contributed by atoms with Crippen LogP contribution in [-0.4, -0.2) is 21.9 Å². The quantitative estimate of drug-likeness (QED) is 0.637. The lowest BCUT2D eigenvalue weighted by molar-refractivity contribution is 0.0927. The number of benzene rings is 2. The zero-order valence-corrected chi connectivity index (χ0v) is 16.1. The molecular formula is C23H23FN4O. The summed E-state index contributed by atoms with van der Waals surface area (Å²) in [4.78, 5) is 21.0. The lowest BCUT2D eigenvalue weighted by Crippen LogP contribution is -2.36. The number of amides is 1. The van der Waals surface area contributed by atoms with Gasteiger partial charge in [0.05, 0.1) is 0 Å². The van der Waals surface area contributed by atoms with Crippen molar-refractivity contribution in [2.75, 3.05) is 5.32 Å². The first kappa shape index (κ1) is 19.1. The molecule has 0 aliphatic heterocycles. The maximum Gasteiger partial charge on any atom is 0.251 e. The van der Waals surface area contributed by atoms with Gasteiger partial charge in [-0.15, -0.1) is 0 Å². The third kappa shape index (κ3) is 4.96. The second-order valence-electron chi connectivity index (χ2n) is 7.32. The Morgan fingerprint density at radius 2 is 1.66 bits per heavy atom. The van der Waals surface area contributed by atoms with Gasteiger partial charge in [0.2, 0.25) is 5.95 Å². The van der Waals surface area contributed by atoms with Crippen LogP contribution in [-0.2, 0) is 0 Å². The van der Waals surface area contributed by atoms with E-state index in [0.29, 0.717) is 17.6 Å². The van der Waals surface area contributed by atoms with Gasteiger partial charge < -0.3 is 10.6 Å². The minimum absolute atomic E-state index is 0.0286. The zero-order valence-electron chi connectivity index (χ0n) is 16.1. The fourth-order valence-electron chi connectivity index (χ4n) is 3.56. The van der Waals surface area contributed by atoms with Crippen LogP contribution < -0.4 is 10.6 Å². The highest BCUT2D eigenvalue weighted by Crippen LogP contribution is 2.21. The Hall–Kier alpha value is -3.28. The van der Waals surface area contributed by atoms with Crippen molar-refractivity contribution in [1.29, 1.82) is 0 Å². The van der Waals surface area contributed by atoms with E-state index in [9.17, 15) is 9.18 Å². The van der Waals surface area contributed by atoms with Crippen molar-refractivity contribution in [3.05, 3.63) is 72.3 Å². The van der Waals surface area contributed by atoms with E-state index in [0.717, 1.165) is 29.7 Å². The molecule has 1 fully saturated rings. The number of aromatic nitrogens is 2. The van der Waals surface area contributed by atoms with Gasteiger partial charge in [0.15, 0.2) is 0 Å². The molecule has 0 atom stereocenters. The smallest absolute Gasteiger partial charge is 0.251 e. The fourth-order valence-corrected chi connectivity index (χ4v) is 3.56. The normalized spacial score (nSPS) is 14.4. The van der Waals surface area contributed by atoms with E-state index in [1.165, 1.54) is 31.4 Å². The first-order chi connectivity index (χ1) is 14.2. The number of anilines is 2. The van der Waals surface area contributed by atoms with E-state index in [1.54, 1.807) is 30.6 Å². The average molecular weight is 390 g/mol. The van der Waals surface area contributed by atoms with Gasteiger partial charge in [0, 0.05) is 35.2 Å². The number of rotatable bonds is 5. The molecule has 1 aliphatic rings. The summed E-state index contributed by atoms with van der Waals surface area (Å²) in [5.74, 6) is 0.112. The number of nitrogens with zero attached hydrogens (tertiary/aromatic N) is 2. The summed E-state index contributed by atoms with van der Waals surface area (Å²) in [6, 6.07) is 13.9. The van der Waals surface area contributed by atoms with Gasteiger partial charge in [-0.25, -0.2) is 14.4 Å². The van der Waals surface area contributed by atoms with Gasteiger partial charge in [0.25, 0.3) is 5.91 Å². The minimum atomic E-state index is -0.294. The Labute approximate surface area is 169 Å². The largest absolute Gasteiger partial charge is 0.349 e. The third-order valence-electron chi connectivity index (χ3n) is 5.15. The minimum Gasteiger partial charge on any atom is -0.349 e. The monoisotopic (exact) mass is 390 g/mol. The molecule has 2 N–H and O–H groups in total. The number of nitrogens with one attached hydrogen (secondary N) is 2. The summed E-state index contributed by atoms with van der Waals surface area (Å²) in [6.07, 6.45) is 9.06. The van der Waals surface area contributed by atoms with Gasteiger partial charge in [0.1, 0.15) is 5.82 Å². The average Bonchev–Trinajstić information content (AvgIpc) is 2.75. The lowest BCUT2D eigenvalue weighted by atomic mass is 9.95. The molecule has 1 aromatic heterocycles. The van der Waals surface area contributed by atoms with Crippen molar-refractivity contribution in [3.8, 4) is 11.1 Å². The second kappa shape index (κ2) is 8.82. The number of hydrogen-bond donors (Lipinski definition) is 2. The summed E-state index contributed by atoms with van der Waals surface area (Å²) < 4.78 is 13.4. The van der Waals surface area contributed by atoms with Crippen LogP contribution in [0, 0.1) is 5.82 Å². The van der Waals surface area contributed by atoms with Gasteiger partial charge in [-0.1, -0.05) is 31.4 Å². The van der Waals surface area contributed by atoms with Gasteiger partial charge >= 0.3 is 0 Å². The van der Waals surface area contributed by atoms with Crippen molar-refractivity contribution < 1.29 is 9.18 Å². The maximum absolute atomic E-state index is 13.4. The molecular weight excluding hydrogens is 367 g/mol. The van der Waals surface area contributed by atoms with Crippen LogP contribution >= 0.6 is 0 Å². The molecule has 0 bridgehead atoms. The van der Waals surface area contributed by atoms with Gasteiger partial charge in [-0.2, -0.15) is 0 Å². The van der Waals surface area contributed by atoms with Crippen LogP contribution in [0.5, 0.6) is 0 Å². The molecule has 29 heavy (non-hydrogen) atoms. The highest BCUT2D eigenvalue weighted by atomic mass is 19.1. The van der Waals surface area contributed by atoms with Crippen LogP contribution in [0.25, 0.3) is 11.1 Å². The van der Waals surface area contributed by atoms with Crippen LogP contribution in [0.15, 0.2) is 60.9 Å². The predicted octanol–water partition coefficient (Wildman–Crippen LogP) is 5.09. The van der Waals surface area contributed by atoms with Crippen molar-refractivity contribution in [2.24, 2.45) is 0 Å². The third-order valence-corrected chi connectivity index (χ3v) is 5.15. The predicted molar refractivity (Wildman–Crippen MR) is 111 cm³/mol. The SMILES string of the molecule is O=C(NC1CCCCC1)c1ccc(Nc2ncc(-c3cccc(F)c3)cn2)cc1. The molecule has 1 amide bonds. The molecule has 1 aliphatic carbocycles. The summed E-state index contributed by atoms with van der Waals surface area (Å²) in [5, 5.41) is 6.23. The highest BCUT2D eigenvalue weighted by molar-refractivity contribution is 5.94. The Bertz CT molecular complexity index is 967. The molecule has 0 saturated heterocycles. The molecule has 1 saturated carbocycles. The Balaban J connectivity index is 1.37. The molecule has 4 rings (SSSR count). The number of carbonyl (C=O) groups excluding carboxylic acids is 1. The van der Waals surface area contributed by atoms with Gasteiger partial charge in [-0.05, 0) is 54.8 Å². The number of hydrogen-bond acceptors (Lipinski definition) is 4. The summed E-state index contributed by atoms with van der Waals surface area (Å²) in [5.41, 5.74) is 2.90. The molecule has 2 aromatic carbocycles. The van der Waals surface area contributed by atoms with E-state index in [-0.39, 0.29) is 11.7 Å². The first-order valence-corrected chi connectivity index (χ1v) is 9.93. The summed E-state index contributed by atoms with van der Waals surface area (Å²) >= 11 is 0. The molecule has 5 nitrogen and oxygen atoms in total. The molecule has 3 aromatic rings. The summed E-state index contributed by atoms with van der Waals surface area (Å²) in [6.45, 7) is 0. The fraction of sp³-hybridized carbons (Fsp3) is 0.261. The van der Waals surface area contributed by atoms with Crippen molar-refractivity contribution in [1.82, 2.24) is 15.3 Å². The van der Waals surface area contributed by atoms with Crippen LogP contribution in [0.2, 0.25) is 0 Å². The Morgan fingerprint density at radius 1 is 0.931 bits per heavy atom. The van der Waals surface area contributed by atoms with E-state index >= 15 is 0 Å². The maximum atomic E-state index is 13.4. The van der Waals surface area contributed by atoms with E-state index in [4.69, 9.17) is 0 Å². The van der Waals surface area contributed by atoms with Crippen LogP contribution in [0.3, 0.4) is 0 Å². The van der Waals surface area contributed by atoms with Crippen molar-refractivity contribution in [2.45, 2.75) is 38.1 Å².